The molecule has 1 amide bonds. The number of benzene rings is 2. The van der Waals surface area contributed by atoms with Gasteiger partial charge in [-0.15, -0.1) is 0 Å². The fraction of sp³-hybridized carbons (Fsp3) is 0.0714. The van der Waals surface area contributed by atoms with Crippen LogP contribution in [-0.4, -0.2) is 5.91 Å². The highest BCUT2D eigenvalue weighted by Crippen LogP contribution is 2.25. The van der Waals surface area contributed by atoms with Crippen molar-refractivity contribution >= 4 is 39.1 Å². The van der Waals surface area contributed by atoms with Crippen molar-refractivity contribution in [3.05, 3.63) is 63.3 Å². The Hall–Kier alpha value is -1.39. The molecule has 0 bridgehead atoms. The number of hydrogen-bond acceptors (Lipinski definition) is 1. The van der Waals surface area contributed by atoms with Gasteiger partial charge in [0.15, 0.2) is 0 Å². The van der Waals surface area contributed by atoms with Crippen molar-refractivity contribution in [2.24, 2.45) is 0 Å². The second-order valence-electron chi connectivity index (χ2n) is 3.98. The smallest absolute Gasteiger partial charge is 0.228 e. The van der Waals surface area contributed by atoms with Crippen molar-refractivity contribution in [2.45, 2.75) is 6.42 Å². The SMILES string of the molecule is O=C(Cc1ccc(F)cc1)Nc1cc(Br)ccc1Cl. The minimum Gasteiger partial charge on any atom is -0.324 e. The fourth-order valence-corrected chi connectivity index (χ4v) is 2.10. The highest BCUT2D eigenvalue weighted by molar-refractivity contribution is 9.10. The van der Waals surface area contributed by atoms with Crippen molar-refractivity contribution in [2.75, 3.05) is 5.32 Å². The van der Waals surface area contributed by atoms with Crippen LogP contribution in [0.4, 0.5) is 10.1 Å². The summed E-state index contributed by atoms with van der Waals surface area (Å²) < 4.78 is 13.6. The standard InChI is InChI=1S/C14H10BrClFNO/c15-10-3-6-12(16)13(8-10)18-14(19)7-9-1-4-11(17)5-2-9/h1-6,8H,7H2,(H,18,19). The molecule has 2 nitrogen and oxygen atoms in total. The van der Waals surface area contributed by atoms with Crippen molar-refractivity contribution in [3.63, 3.8) is 0 Å². The second-order valence-corrected chi connectivity index (χ2v) is 5.30. The van der Waals surface area contributed by atoms with Gasteiger partial charge in [0.05, 0.1) is 17.1 Å². The molecule has 0 aliphatic carbocycles. The number of carbonyl (C=O) groups is 1. The van der Waals surface area contributed by atoms with E-state index in [1.54, 1.807) is 30.3 Å². The van der Waals surface area contributed by atoms with Crippen LogP contribution in [0.15, 0.2) is 46.9 Å². The van der Waals surface area contributed by atoms with Crippen LogP contribution >= 0.6 is 27.5 Å². The van der Waals surface area contributed by atoms with E-state index in [1.165, 1.54) is 12.1 Å². The van der Waals surface area contributed by atoms with Gasteiger partial charge in [0, 0.05) is 4.47 Å². The maximum Gasteiger partial charge on any atom is 0.228 e. The molecule has 0 fully saturated rings. The summed E-state index contributed by atoms with van der Waals surface area (Å²) in [5.74, 6) is -0.522. The third kappa shape index (κ3) is 4.04. The molecule has 0 saturated carbocycles. The van der Waals surface area contributed by atoms with Crippen molar-refractivity contribution in [1.82, 2.24) is 0 Å². The van der Waals surface area contributed by atoms with Crippen LogP contribution in [0.25, 0.3) is 0 Å². The lowest BCUT2D eigenvalue weighted by Crippen LogP contribution is -2.14. The predicted molar refractivity (Wildman–Crippen MR) is 77.9 cm³/mol. The van der Waals surface area contributed by atoms with Gasteiger partial charge in [-0.2, -0.15) is 0 Å². The summed E-state index contributed by atoms with van der Waals surface area (Å²) in [5.41, 5.74) is 1.29. The van der Waals surface area contributed by atoms with Crippen molar-refractivity contribution < 1.29 is 9.18 Å². The summed E-state index contributed by atoms with van der Waals surface area (Å²) in [6, 6.07) is 11.0. The highest BCUT2D eigenvalue weighted by atomic mass is 79.9. The van der Waals surface area contributed by atoms with Crippen LogP contribution in [0, 0.1) is 5.82 Å². The van der Waals surface area contributed by atoms with Crippen LogP contribution < -0.4 is 5.32 Å². The van der Waals surface area contributed by atoms with Gasteiger partial charge in [0.25, 0.3) is 0 Å². The number of amides is 1. The largest absolute Gasteiger partial charge is 0.324 e. The Labute approximate surface area is 123 Å². The van der Waals surface area contributed by atoms with E-state index in [0.717, 1.165) is 10.0 Å². The molecule has 2 rings (SSSR count). The van der Waals surface area contributed by atoms with Crippen LogP contribution in [0.3, 0.4) is 0 Å². The topological polar surface area (TPSA) is 29.1 Å². The molecule has 0 aliphatic heterocycles. The minimum atomic E-state index is -0.320. The van der Waals surface area contributed by atoms with Crippen LogP contribution in [0.2, 0.25) is 5.02 Å². The van der Waals surface area contributed by atoms with Crippen LogP contribution in [0.5, 0.6) is 0 Å². The summed E-state index contributed by atoms with van der Waals surface area (Å²) in [5, 5.41) is 3.19. The molecule has 0 atom stereocenters. The first kappa shape index (κ1) is 14.0. The Bertz CT molecular complexity index is 601. The first-order valence-corrected chi connectivity index (χ1v) is 6.71. The zero-order chi connectivity index (χ0) is 13.8. The van der Waals surface area contributed by atoms with Gasteiger partial charge in [0.1, 0.15) is 5.82 Å². The van der Waals surface area contributed by atoms with Crippen molar-refractivity contribution in [1.29, 1.82) is 0 Å². The molecule has 19 heavy (non-hydrogen) atoms. The van der Waals surface area contributed by atoms with Gasteiger partial charge in [-0.1, -0.05) is 39.7 Å². The number of carbonyl (C=O) groups excluding carboxylic acids is 1. The zero-order valence-corrected chi connectivity index (χ0v) is 12.1. The van der Waals surface area contributed by atoms with Crippen LogP contribution in [-0.2, 0) is 11.2 Å². The summed E-state index contributed by atoms with van der Waals surface area (Å²) >= 11 is 9.29. The molecule has 2 aromatic carbocycles. The van der Waals surface area contributed by atoms with E-state index in [4.69, 9.17) is 11.6 Å². The molecular formula is C14H10BrClFNO. The maximum absolute atomic E-state index is 12.7. The average molecular weight is 343 g/mol. The number of anilines is 1. The summed E-state index contributed by atoms with van der Waals surface area (Å²) in [6.07, 6.45) is 0.170. The highest BCUT2D eigenvalue weighted by Gasteiger charge is 2.07. The molecule has 98 valence electrons. The third-order valence-corrected chi connectivity index (χ3v) is 3.30. The Kier molecular flexibility index (Phi) is 4.56. The van der Waals surface area contributed by atoms with Crippen LogP contribution in [0.1, 0.15) is 5.56 Å². The molecule has 0 unspecified atom stereocenters. The molecule has 1 N–H and O–H groups in total. The van der Waals surface area contributed by atoms with Crippen molar-refractivity contribution in [3.8, 4) is 0 Å². The first-order chi connectivity index (χ1) is 9.04. The molecule has 2 aromatic rings. The monoisotopic (exact) mass is 341 g/mol. The predicted octanol–water partition coefficient (Wildman–Crippen LogP) is 4.42. The molecule has 0 radical (unpaired) electrons. The Morgan fingerprint density at radius 1 is 1.21 bits per heavy atom. The summed E-state index contributed by atoms with van der Waals surface area (Å²) in [4.78, 5) is 11.9. The second kappa shape index (κ2) is 6.17. The van der Waals surface area contributed by atoms with E-state index < -0.39 is 0 Å². The average Bonchev–Trinajstić information content (AvgIpc) is 2.37. The number of rotatable bonds is 3. The normalized spacial score (nSPS) is 10.3. The third-order valence-electron chi connectivity index (χ3n) is 2.48. The van der Waals surface area contributed by atoms with E-state index in [2.05, 4.69) is 21.2 Å². The van der Waals surface area contributed by atoms with Gasteiger partial charge >= 0.3 is 0 Å². The lowest BCUT2D eigenvalue weighted by Gasteiger charge is -2.07. The molecule has 0 spiro atoms. The van der Waals surface area contributed by atoms with Gasteiger partial charge in [0.2, 0.25) is 5.91 Å². The molecule has 5 heteroatoms. The van der Waals surface area contributed by atoms with E-state index in [-0.39, 0.29) is 18.1 Å². The van der Waals surface area contributed by atoms with E-state index in [1.807, 2.05) is 0 Å². The molecule has 0 aliphatic rings. The fourth-order valence-electron chi connectivity index (χ4n) is 1.58. The van der Waals surface area contributed by atoms with Gasteiger partial charge in [-0.05, 0) is 35.9 Å². The van der Waals surface area contributed by atoms with E-state index in [9.17, 15) is 9.18 Å². The van der Waals surface area contributed by atoms with Gasteiger partial charge < -0.3 is 5.32 Å². The van der Waals surface area contributed by atoms with E-state index in [0.29, 0.717) is 10.7 Å². The summed E-state index contributed by atoms with van der Waals surface area (Å²) in [7, 11) is 0. The number of hydrogen-bond donors (Lipinski definition) is 1. The quantitative estimate of drug-likeness (QED) is 0.879. The Balaban J connectivity index is 2.05. The minimum absolute atomic E-state index is 0.170. The van der Waals surface area contributed by atoms with Gasteiger partial charge in [-0.25, -0.2) is 4.39 Å². The zero-order valence-electron chi connectivity index (χ0n) is 9.79. The first-order valence-electron chi connectivity index (χ1n) is 5.54. The molecule has 0 heterocycles. The lowest BCUT2D eigenvalue weighted by atomic mass is 10.1. The lowest BCUT2D eigenvalue weighted by molar-refractivity contribution is -0.115. The Morgan fingerprint density at radius 2 is 1.89 bits per heavy atom. The van der Waals surface area contributed by atoms with Gasteiger partial charge in [-0.3, -0.25) is 4.79 Å². The van der Waals surface area contributed by atoms with E-state index >= 15 is 0 Å². The maximum atomic E-state index is 12.7. The molecule has 0 saturated heterocycles. The molecular weight excluding hydrogens is 333 g/mol. The number of nitrogens with one attached hydrogen (secondary N) is 1. The number of halogens is 3. The molecule has 0 aromatic heterocycles. The Morgan fingerprint density at radius 3 is 2.58 bits per heavy atom. The summed E-state index contributed by atoms with van der Waals surface area (Å²) in [6.45, 7) is 0.